The van der Waals surface area contributed by atoms with E-state index >= 15 is 0 Å². The lowest BCUT2D eigenvalue weighted by atomic mass is 10.1. The van der Waals surface area contributed by atoms with Gasteiger partial charge in [-0.15, -0.1) is 0 Å². The molecule has 114 valence electrons. The Hall–Kier alpha value is -1.93. The average molecular weight is 312 g/mol. The Morgan fingerprint density at radius 2 is 1.90 bits per heavy atom. The summed E-state index contributed by atoms with van der Waals surface area (Å²) in [4.78, 5) is 24.6. The number of sulfonamides is 1. The van der Waals surface area contributed by atoms with E-state index in [1.165, 1.54) is 36.2 Å². The van der Waals surface area contributed by atoms with Crippen LogP contribution in [0.3, 0.4) is 0 Å². The molecule has 1 aliphatic heterocycles. The van der Waals surface area contributed by atoms with Crippen LogP contribution in [0, 0.1) is 5.92 Å². The lowest BCUT2D eigenvalue weighted by molar-refractivity contribution is -0.141. The maximum Gasteiger partial charge on any atom is 0.308 e. The maximum atomic E-state index is 12.2. The number of carboxylic acids is 1. The SMILES string of the molecule is CNS(=O)(=O)c1ccc(C(=O)N2CC[C@H](C(=O)O)C2)cc1. The van der Waals surface area contributed by atoms with Crippen molar-refractivity contribution < 1.29 is 23.1 Å². The Labute approximate surface area is 122 Å². The number of benzene rings is 1. The first-order chi connectivity index (χ1) is 9.85. The molecule has 0 spiro atoms. The van der Waals surface area contributed by atoms with Crippen LogP contribution in [0.15, 0.2) is 29.2 Å². The van der Waals surface area contributed by atoms with E-state index in [4.69, 9.17) is 5.11 Å². The van der Waals surface area contributed by atoms with Crippen molar-refractivity contribution in [2.45, 2.75) is 11.3 Å². The summed E-state index contributed by atoms with van der Waals surface area (Å²) in [6.07, 6.45) is 0.438. The van der Waals surface area contributed by atoms with Crippen molar-refractivity contribution in [2.24, 2.45) is 5.92 Å². The van der Waals surface area contributed by atoms with E-state index in [1.54, 1.807) is 0 Å². The molecule has 1 aromatic carbocycles. The van der Waals surface area contributed by atoms with Gasteiger partial charge in [-0.1, -0.05) is 0 Å². The number of likely N-dealkylation sites (tertiary alicyclic amines) is 1. The molecule has 2 N–H and O–H groups in total. The third kappa shape index (κ3) is 3.22. The molecule has 0 aromatic heterocycles. The summed E-state index contributed by atoms with van der Waals surface area (Å²) in [6.45, 7) is 0.580. The van der Waals surface area contributed by atoms with Crippen molar-refractivity contribution in [1.29, 1.82) is 0 Å². The third-order valence-corrected chi connectivity index (χ3v) is 4.94. The first-order valence-corrected chi connectivity index (χ1v) is 7.89. The summed E-state index contributed by atoms with van der Waals surface area (Å²) in [5.41, 5.74) is 0.344. The van der Waals surface area contributed by atoms with E-state index < -0.39 is 21.9 Å². The zero-order valence-electron chi connectivity index (χ0n) is 11.4. The number of aliphatic carboxylic acids is 1. The largest absolute Gasteiger partial charge is 0.481 e. The molecule has 1 aromatic rings. The summed E-state index contributed by atoms with van der Waals surface area (Å²) in [7, 11) is -2.22. The topological polar surface area (TPSA) is 104 Å². The van der Waals surface area contributed by atoms with E-state index in [-0.39, 0.29) is 17.3 Å². The van der Waals surface area contributed by atoms with E-state index in [9.17, 15) is 18.0 Å². The normalized spacial score (nSPS) is 18.7. The highest BCUT2D eigenvalue weighted by molar-refractivity contribution is 7.89. The van der Waals surface area contributed by atoms with Gasteiger partial charge in [0.2, 0.25) is 10.0 Å². The summed E-state index contributed by atoms with van der Waals surface area (Å²) in [5, 5.41) is 8.92. The number of amides is 1. The van der Waals surface area contributed by atoms with Gasteiger partial charge in [0, 0.05) is 18.7 Å². The summed E-state index contributed by atoms with van der Waals surface area (Å²) >= 11 is 0. The van der Waals surface area contributed by atoms with Gasteiger partial charge >= 0.3 is 5.97 Å². The molecule has 1 heterocycles. The molecule has 0 saturated carbocycles. The number of hydrogen-bond donors (Lipinski definition) is 2. The van der Waals surface area contributed by atoms with E-state index in [0.717, 1.165) is 0 Å². The Morgan fingerprint density at radius 3 is 2.38 bits per heavy atom. The van der Waals surface area contributed by atoms with Gasteiger partial charge in [0.05, 0.1) is 10.8 Å². The van der Waals surface area contributed by atoms with E-state index in [2.05, 4.69) is 4.72 Å². The van der Waals surface area contributed by atoms with Crippen LogP contribution < -0.4 is 4.72 Å². The fourth-order valence-electron chi connectivity index (χ4n) is 2.22. The van der Waals surface area contributed by atoms with Crippen LogP contribution in [0.2, 0.25) is 0 Å². The minimum Gasteiger partial charge on any atom is -0.481 e. The molecule has 2 rings (SSSR count). The molecule has 1 saturated heterocycles. The predicted molar refractivity (Wildman–Crippen MR) is 74.3 cm³/mol. The second kappa shape index (κ2) is 5.82. The monoisotopic (exact) mass is 312 g/mol. The van der Waals surface area contributed by atoms with Crippen molar-refractivity contribution >= 4 is 21.9 Å². The van der Waals surface area contributed by atoms with E-state index in [0.29, 0.717) is 18.5 Å². The number of hydrogen-bond acceptors (Lipinski definition) is 4. The molecule has 1 amide bonds. The maximum absolute atomic E-state index is 12.2. The van der Waals surface area contributed by atoms with Crippen molar-refractivity contribution in [1.82, 2.24) is 9.62 Å². The first kappa shape index (κ1) is 15.5. The first-order valence-electron chi connectivity index (χ1n) is 6.41. The molecular weight excluding hydrogens is 296 g/mol. The number of carboxylic acid groups (broad SMARTS) is 1. The number of carbonyl (C=O) groups excluding carboxylic acids is 1. The average Bonchev–Trinajstić information content (AvgIpc) is 2.96. The van der Waals surface area contributed by atoms with Crippen molar-refractivity contribution in [2.75, 3.05) is 20.1 Å². The van der Waals surface area contributed by atoms with Gasteiger partial charge in [-0.2, -0.15) is 0 Å². The molecule has 0 bridgehead atoms. The lowest BCUT2D eigenvalue weighted by Gasteiger charge is -2.16. The van der Waals surface area contributed by atoms with Gasteiger partial charge < -0.3 is 10.0 Å². The molecule has 1 aliphatic rings. The van der Waals surface area contributed by atoms with Gasteiger partial charge in [0.25, 0.3) is 5.91 Å². The van der Waals surface area contributed by atoms with Crippen LogP contribution in [0.25, 0.3) is 0 Å². The number of rotatable bonds is 4. The highest BCUT2D eigenvalue weighted by atomic mass is 32.2. The van der Waals surface area contributed by atoms with Crippen LogP contribution >= 0.6 is 0 Å². The second-order valence-corrected chi connectivity index (χ2v) is 6.69. The molecule has 8 heteroatoms. The minimum absolute atomic E-state index is 0.0754. The zero-order chi connectivity index (χ0) is 15.6. The molecule has 1 fully saturated rings. The van der Waals surface area contributed by atoms with Crippen LogP contribution in [0.4, 0.5) is 0 Å². The molecular formula is C13H16N2O5S. The van der Waals surface area contributed by atoms with E-state index in [1.807, 2.05) is 0 Å². The van der Waals surface area contributed by atoms with Crippen molar-refractivity contribution in [3.05, 3.63) is 29.8 Å². The highest BCUT2D eigenvalue weighted by Gasteiger charge is 2.31. The fraction of sp³-hybridized carbons (Fsp3) is 0.385. The molecule has 7 nitrogen and oxygen atoms in total. The predicted octanol–water partition coefficient (Wildman–Crippen LogP) is 0.141. The Balaban J connectivity index is 2.13. The summed E-state index contributed by atoms with van der Waals surface area (Å²) in [5.74, 6) is -1.72. The van der Waals surface area contributed by atoms with Crippen molar-refractivity contribution in [3.63, 3.8) is 0 Å². The number of nitrogens with zero attached hydrogens (tertiary/aromatic N) is 1. The second-order valence-electron chi connectivity index (χ2n) is 4.81. The Kier molecular flexibility index (Phi) is 4.29. The smallest absolute Gasteiger partial charge is 0.308 e. The van der Waals surface area contributed by atoms with Crippen LogP contribution in [-0.4, -0.2) is 50.4 Å². The van der Waals surface area contributed by atoms with Crippen LogP contribution in [0.5, 0.6) is 0 Å². The quantitative estimate of drug-likeness (QED) is 0.823. The molecule has 1 atom stereocenters. The van der Waals surface area contributed by atoms with Crippen LogP contribution in [0.1, 0.15) is 16.8 Å². The van der Waals surface area contributed by atoms with Gasteiger partial charge in [-0.25, -0.2) is 13.1 Å². The summed E-state index contributed by atoms with van der Waals surface area (Å²) < 4.78 is 25.4. The lowest BCUT2D eigenvalue weighted by Crippen LogP contribution is -2.30. The zero-order valence-corrected chi connectivity index (χ0v) is 12.3. The number of nitrogens with one attached hydrogen (secondary N) is 1. The Morgan fingerprint density at radius 1 is 1.29 bits per heavy atom. The number of carbonyl (C=O) groups is 2. The molecule has 0 aliphatic carbocycles. The van der Waals surface area contributed by atoms with Crippen molar-refractivity contribution in [3.8, 4) is 0 Å². The standard InChI is InChI=1S/C13H16N2O5S/c1-14-21(19,20)11-4-2-9(3-5-11)12(16)15-7-6-10(8-15)13(17)18/h2-5,10,14H,6-8H2,1H3,(H,17,18)/t10-/m0/s1. The van der Waals surface area contributed by atoms with Gasteiger partial charge in [0.15, 0.2) is 0 Å². The van der Waals surface area contributed by atoms with Gasteiger partial charge in [-0.05, 0) is 37.7 Å². The van der Waals surface area contributed by atoms with Gasteiger partial charge in [-0.3, -0.25) is 9.59 Å². The molecule has 0 unspecified atom stereocenters. The Bertz CT molecular complexity index is 654. The highest BCUT2D eigenvalue weighted by Crippen LogP contribution is 2.19. The molecule has 21 heavy (non-hydrogen) atoms. The fourth-order valence-corrected chi connectivity index (χ4v) is 2.95. The molecule has 0 radical (unpaired) electrons. The summed E-state index contributed by atoms with van der Waals surface area (Å²) in [6, 6.07) is 5.56. The van der Waals surface area contributed by atoms with Crippen LogP contribution in [-0.2, 0) is 14.8 Å². The third-order valence-electron chi connectivity index (χ3n) is 3.51. The minimum atomic E-state index is -3.53. The van der Waals surface area contributed by atoms with Gasteiger partial charge in [0.1, 0.15) is 0 Å².